The van der Waals surface area contributed by atoms with E-state index in [1.165, 1.54) is 43.2 Å². The first-order valence-corrected chi connectivity index (χ1v) is 13.7. The lowest BCUT2D eigenvalue weighted by atomic mass is 9.86. The SMILES string of the molecule is CC(C)(C)c1cccc(-c2cc(CC3CCCC3)c([Si](C)(C)C)cn2)c1. The van der Waals surface area contributed by atoms with Crippen molar-refractivity contribution in [2.24, 2.45) is 5.92 Å². The Morgan fingerprint density at radius 2 is 1.73 bits per heavy atom. The summed E-state index contributed by atoms with van der Waals surface area (Å²) < 4.78 is 0. The summed E-state index contributed by atoms with van der Waals surface area (Å²) in [6.45, 7) is 14.2. The van der Waals surface area contributed by atoms with Crippen LogP contribution in [-0.4, -0.2) is 13.1 Å². The van der Waals surface area contributed by atoms with Crippen LogP contribution in [-0.2, 0) is 11.8 Å². The molecule has 0 unspecified atom stereocenters. The third kappa shape index (κ3) is 4.46. The van der Waals surface area contributed by atoms with Crippen molar-refractivity contribution in [2.45, 2.75) is 77.9 Å². The van der Waals surface area contributed by atoms with Gasteiger partial charge in [-0.15, -0.1) is 0 Å². The van der Waals surface area contributed by atoms with E-state index in [1.54, 1.807) is 10.8 Å². The van der Waals surface area contributed by atoms with Crippen LogP contribution in [0.1, 0.15) is 57.6 Å². The molecule has 0 saturated heterocycles. The molecule has 0 N–H and O–H groups in total. The van der Waals surface area contributed by atoms with Crippen molar-refractivity contribution in [1.82, 2.24) is 4.98 Å². The van der Waals surface area contributed by atoms with E-state index in [9.17, 15) is 0 Å². The maximum Gasteiger partial charge on any atom is 0.0799 e. The molecule has 0 atom stereocenters. The summed E-state index contributed by atoms with van der Waals surface area (Å²) in [5.41, 5.74) is 5.52. The van der Waals surface area contributed by atoms with Gasteiger partial charge in [0.1, 0.15) is 0 Å². The third-order valence-corrected chi connectivity index (χ3v) is 7.87. The van der Waals surface area contributed by atoms with Crippen LogP contribution in [0, 0.1) is 5.92 Å². The van der Waals surface area contributed by atoms with Gasteiger partial charge >= 0.3 is 0 Å². The van der Waals surface area contributed by atoms with Crippen molar-refractivity contribution in [2.75, 3.05) is 0 Å². The minimum absolute atomic E-state index is 0.168. The van der Waals surface area contributed by atoms with Crippen LogP contribution in [0.3, 0.4) is 0 Å². The standard InChI is InChI=1S/C24H35NSi/c1-24(2,3)21-13-9-12-19(15-21)22-16-20(14-18-10-7-8-11-18)23(17-25-22)26(4,5)6/h9,12-13,15-18H,7-8,10-11,14H2,1-6H3. The highest BCUT2D eigenvalue weighted by molar-refractivity contribution is 6.89. The number of pyridine rings is 1. The first kappa shape index (κ1) is 19.4. The largest absolute Gasteiger partial charge is 0.256 e. The zero-order valence-corrected chi connectivity index (χ0v) is 18.5. The minimum atomic E-state index is -1.38. The quantitative estimate of drug-likeness (QED) is 0.577. The first-order valence-electron chi connectivity index (χ1n) is 10.2. The lowest BCUT2D eigenvalue weighted by Gasteiger charge is -2.23. The van der Waals surface area contributed by atoms with Crippen molar-refractivity contribution < 1.29 is 0 Å². The van der Waals surface area contributed by atoms with Crippen molar-refractivity contribution >= 4 is 13.3 Å². The van der Waals surface area contributed by atoms with Crippen molar-refractivity contribution in [3.63, 3.8) is 0 Å². The molecular weight excluding hydrogens is 330 g/mol. The second kappa shape index (κ2) is 7.30. The van der Waals surface area contributed by atoms with E-state index in [0.29, 0.717) is 0 Å². The maximum absolute atomic E-state index is 4.91. The minimum Gasteiger partial charge on any atom is -0.256 e. The summed E-state index contributed by atoms with van der Waals surface area (Å²) in [5.74, 6) is 0.876. The van der Waals surface area contributed by atoms with E-state index >= 15 is 0 Å². The molecule has 1 aliphatic carbocycles. The lowest BCUT2D eigenvalue weighted by molar-refractivity contribution is 0.547. The molecular formula is C24H35NSi. The van der Waals surface area contributed by atoms with E-state index in [0.717, 1.165) is 11.6 Å². The summed E-state index contributed by atoms with van der Waals surface area (Å²) in [5, 5.41) is 1.56. The lowest BCUT2D eigenvalue weighted by Crippen LogP contribution is -2.41. The summed E-state index contributed by atoms with van der Waals surface area (Å²) in [7, 11) is -1.38. The zero-order chi connectivity index (χ0) is 18.9. The van der Waals surface area contributed by atoms with Crippen LogP contribution >= 0.6 is 0 Å². The molecule has 0 radical (unpaired) electrons. The number of benzene rings is 1. The average Bonchev–Trinajstić information content (AvgIpc) is 3.06. The van der Waals surface area contributed by atoms with E-state index in [4.69, 9.17) is 4.98 Å². The Kier molecular flexibility index (Phi) is 5.44. The molecule has 1 fully saturated rings. The number of aromatic nitrogens is 1. The number of nitrogens with zero attached hydrogens (tertiary/aromatic N) is 1. The summed E-state index contributed by atoms with van der Waals surface area (Å²) in [6, 6.07) is 11.4. The Morgan fingerprint density at radius 3 is 2.35 bits per heavy atom. The molecule has 140 valence electrons. The fraction of sp³-hybridized carbons (Fsp3) is 0.542. The highest BCUT2D eigenvalue weighted by Crippen LogP contribution is 2.30. The topological polar surface area (TPSA) is 12.9 Å². The molecule has 0 bridgehead atoms. The van der Waals surface area contributed by atoms with Gasteiger partial charge in [-0.2, -0.15) is 0 Å². The van der Waals surface area contributed by atoms with Crippen molar-refractivity contribution in [3.05, 3.63) is 47.7 Å². The Morgan fingerprint density at radius 1 is 1.04 bits per heavy atom. The van der Waals surface area contributed by atoms with Gasteiger partial charge in [0.15, 0.2) is 0 Å². The molecule has 3 rings (SSSR count). The smallest absolute Gasteiger partial charge is 0.0799 e. The molecule has 1 nitrogen and oxygen atoms in total. The monoisotopic (exact) mass is 365 g/mol. The van der Waals surface area contributed by atoms with Gasteiger partial charge in [-0.1, -0.05) is 84.3 Å². The highest BCUT2D eigenvalue weighted by Gasteiger charge is 2.24. The zero-order valence-electron chi connectivity index (χ0n) is 17.5. The highest BCUT2D eigenvalue weighted by atomic mass is 28.3. The van der Waals surface area contributed by atoms with Crippen LogP contribution in [0.2, 0.25) is 19.6 Å². The van der Waals surface area contributed by atoms with Gasteiger partial charge < -0.3 is 0 Å². The number of hydrogen-bond acceptors (Lipinski definition) is 1. The van der Waals surface area contributed by atoms with Crippen molar-refractivity contribution in [3.8, 4) is 11.3 Å². The fourth-order valence-electron chi connectivity index (χ4n) is 4.17. The van der Waals surface area contributed by atoms with Crippen LogP contribution in [0.5, 0.6) is 0 Å². The molecule has 1 aliphatic rings. The Bertz CT molecular complexity index is 759. The summed E-state index contributed by atoms with van der Waals surface area (Å²) >= 11 is 0. The Labute approximate surface area is 161 Å². The van der Waals surface area contributed by atoms with E-state index in [1.807, 2.05) is 0 Å². The summed E-state index contributed by atoms with van der Waals surface area (Å²) in [6.07, 6.45) is 9.09. The van der Waals surface area contributed by atoms with Crippen LogP contribution in [0.25, 0.3) is 11.3 Å². The molecule has 1 heterocycles. The molecule has 1 aromatic carbocycles. The second-order valence-electron chi connectivity index (χ2n) is 10.2. The van der Waals surface area contributed by atoms with Crippen LogP contribution in [0.15, 0.2) is 36.5 Å². The van der Waals surface area contributed by atoms with Crippen molar-refractivity contribution in [1.29, 1.82) is 0 Å². The van der Waals surface area contributed by atoms with Gasteiger partial charge in [0.25, 0.3) is 0 Å². The fourth-order valence-corrected chi connectivity index (χ4v) is 5.76. The Hall–Kier alpha value is -1.41. The molecule has 2 heteroatoms. The normalized spacial score (nSPS) is 16.2. The second-order valence-corrected chi connectivity index (χ2v) is 15.2. The van der Waals surface area contributed by atoms with Gasteiger partial charge in [-0.3, -0.25) is 4.98 Å². The Balaban J connectivity index is 2.01. The molecule has 0 aliphatic heterocycles. The van der Waals surface area contributed by atoms with Gasteiger partial charge in [-0.05, 0) is 46.2 Å². The van der Waals surface area contributed by atoms with Gasteiger partial charge in [0.05, 0.1) is 13.8 Å². The molecule has 0 spiro atoms. The predicted molar refractivity (Wildman–Crippen MR) is 117 cm³/mol. The first-order chi connectivity index (χ1) is 12.1. The van der Waals surface area contributed by atoms with Crippen LogP contribution < -0.4 is 5.19 Å². The van der Waals surface area contributed by atoms with Gasteiger partial charge in [0, 0.05) is 11.8 Å². The average molecular weight is 366 g/mol. The summed E-state index contributed by atoms with van der Waals surface area (Å²) in [4.78, 5) is 4.91. The molecule has 0 amide bonds. The third-order valence-electron chi connectivity index (χ3n) is 5.81. The van der Waals surface area contributed by atoms with E-state index in [-0.39, 0.29) is 5.41 Å². The molecule has 2 aromatic rings. The molecule has 1 aromatic heterocycles. The van der Waals surface area contributed by atoms with Gasteiger partial charge in [0.2, 0.25) is 0 Å². The van der Waals surface area contributed by atoms with Gasteiger partial charge in [-0.25, -0.2) is 0 Å². The molecule has 26 heavy (non-hydrogen) atoms. The van der Waals surface area contributed by atoms with E-state index < -0.39 is 8.07 Å². The van der Waals surface area contributed by atoms with E-state index in [2.05, 4.69) is 76.9 Å². The maximum atomic E-state index is 4.91. The number of rotatable bonds is 4. The predicted octanol–water partition coefficient (Wildman–Crippen LogP) is 6.32. The van der Waals surface area contributed by atoms with Crippen LogP contribution in [0.4, 0.5) is 0 Å². The molecule has 1 saturated carbocycles. The number of hydrogen-bond donors (Lipinski definition) is 0.